The Hall–Kier alpha value is -2.74. The first-order valence-corrected chi connectivity index (χ1v) is 7.79. The maximum atomic E-state index is 12.0. The Morgan fingerprint density at radius 2 is 2.17 bits per heavy atom. The van der Waals surface area contributed by atoms with Gasteiger partial charge in [0, 0.05) is 17.1 Å². The third-order valence-corrected chi connectivity index (χ3v) is 4.18. The zero-order valence-electron chi connectivity index (χ0n) is 12.7. The molecular weight excluding hydrogens is 314 g/mol. The molecule has 0 aliphatic rings. The van der Waals surface area contributed by atoms with Gasteiger partial charge in [-0.3, -0.25) is 20.0 Å². The number of thiophene rings is 1. The first-order valence-electron chi connectivity index (χ1n) is 6.97. The number of rotatable bonds is 4. The van der Waals surface area contributed by atoms with Gasteiger partial charge in [-0.15, -0.1) is 16.4 Å². The molecule has 118 valence electrons. The molecule has 0 bridgehead atoms. The maximum absolute atomic E-state index is 12.0. The zero-order valence-corrected chi connectivity index (χ0v) is 13.5. The molecule has 0 aliphatic heterocycles. The summed E-state index contributed by atoms with van der Waals surface area (Å²) in [5.41, 5.74) is 0.640. The minimum Gasteiger partial charge on any atom is -0.306 e. The van der Waals surface area contributed by atoms with Crippen molar-refractivity contribution in [3.8, 4) is 10.7 Å². The average molecular weight is 329 g/mol. The highest BCUT2D eigenvalue weighted by molar-refractivity contribution is 7.15. The predicted molar refractivity (Wildman–Crippen MR) is 88.5 cm³/mol. The van der Waals surface area contributed by atoms with Crippen molar-refractivity contribution in [1.29, 1.82) is 0 Å². The van der Waals surface area contributed by atoms with E-state index >= 15 is 0 Å². The van der Waals surface area contributed by atoms with Crippen LogP contribution in [-0.2, 0) is 11.3 Å². The Bertz CT molecular complexity index is 908. The Labute approximate surface area is 136 Å². The van der Waals surface area contributed by atoms with Gasteiger partial charge in [0.05, 0.1) is 4.88 Å². The lowest BCUT2D eigenvalue weighted by atomic mass is 10.3. The molecule has 0 aliphatic carbocycles. The van der Waals surface area contributed by atoms with Crippen LogP contribution in [0.25, 0.3) is 10.7 Å². The van der Waals surface area contributed by atoms with Gasteiger partial charge in [-0.25, -0.2) is 0 Å². The Kier molecular flexibility index (Phi) is 4.07. The van der Waals surface area contributed by atoms with E-state index in [4.69, 9.17) is 0 Å². The summed E-state index contributed by atoms with van der Waals surface area (Å²) in [7, 11) is 0. The summed E-state index contributed by atoms with van der Waals surface area (Å²) in [6, 6.07) is 7.19. The predicted octanol–water partition coefficient (Wildman–Crippen LogP) is 1.95. The Morgan fingerprint density at radius 3 is 2.87 bits per heavy atom. The van der Waals surface area contributed by atoms with Crippen LogP contribution in [0.15, 0.2) is 35.3 Å². The summed E-state index contributed by atoms with van der Waals surface area (Å²) in [5, 5.41) is 9.34. The van der Waals surface area contributed by atoms with Crippen LogP contribution in [0.4, 0.5) is 5.95 Å². The van der Waals surface area contributed by atoms with Gasteiger partial charge >= 0.3 is 0 Å². The molecule has 0 saturated carbocycles. The molecule has 2 N–H and O–H groups in total. The highest BCUT2D eigenvalue weighted by Crippen LogP contribution is 2.24. The van der Waals surface area contributed by atoms with Crippen molar-refractivity contribution in [3.63, 3.8) is 0 Å². The third kappa shape index (κ3) is 3.54. The molecule has 0 atom stereocenters. The number of aromatic nitrogens is 4. The molecule has 0 aromatic carbocycles. The van der Waals surface area contributed by atoms with Gasteiger partial charge in [0.15, 0.2) is 5.82 Å². The van der Waals surface area contributed by atoms with Gasteiger partial charge in [-0.2, -0.15) is 4.98 Å². The number of carbonyl (C=O) groups excluding carboxylic acids is 1. The van der Waals surface area contributed by atoms with E-state index in [9.17, 15) is 9.59 Å². The van der Waals surface area contributed by atoms with E-state index in [1.165, 1.54) is 15.5 Å². The van der Waals surface area contributed by atoms with Gasteiger partial charge in [0.2, 0.25) is 11.9 Å². The highest BCUT2D eigenvalue weighted by atomic mass is 32.1. The number of nitrogens with zero attached hydrogens (tertiary/aromatic N) is 3. The van der Waals surface area contributed by atoms with Crippen molar-refractivity contribution in [2.24, 2.45) is 0 Å². The monoisotopic (exact) mass is 329 g/mol. The standard InChI is InChI=1S/C15H15N5O2S/c1-9-5-6-20(13(22)7-9)8-12(21)16-15-17-14(18-19-15)11-4-3-10(2)23-11/h3-7H,8H2,1-2H3,(H2,16,17,18,19,21). The van der Waals surface area contributed by atoms with Gasteiger partial charge in [-0.1, -0.05) is 0 Å². The second-order valence-electron chi connectivity index (χ2n) is 5.14. The average Bonchev–Trinajstić information content (AvgIpc) is 3.11. The number of anilines is 1. The van der Waals surface area contributed by atoms with Gasteiger partial charge in [-0.05, 0) is 37.6 Å². The lowest BCUT2D eigenvalue weighted by molar-refractivity contribution is -0.116. The number of aryl methyl sites for hydroxylation is 2. The normalized spacial score (nSPS) is 10.7. The van der Waals surface area contributed by atoms with Gasteiger partial charge in [0.1, 0.15) is 6.54 Å². The lowest BCUT2D eigenvalue weighted by Crippen LogP contribution is -2.27. The number of pyridine rings is 1. The molecular formula is C15H15N5O2S. The Balaban J connectivity index is 1.68. The second kappa shape index (κ2) is 6.17. The molecule has 0 unspecified atom stereocenters. The van der Waals surface area contributed by atoms with Crippen molar-refractivity contribution in [2.45, 2.75) is 20.4 Å². The molecule has 0 fully saturated rings. The Morgan fingerprint density at radius 1 is 1.35 bits per heavy atom. The van der Waals surface area contributed by atoms with Crippen LogP contribution in [0.1, 0.15) is 10.4 Å². The smallest absolute Gasteiger partial charge is 0.251 e. The van der Waals surface area contributed by atoms with E-state index in [2.05, 4.69) is 20.5 Å². The van der Waals surface area contributed by atoms with E-state index in [0.717, 1.165) is 10.4 Å². The van der Waals surface area contributed by atoms with Crippen LogP contribution >= 0.6 is 11.3 Å². The van der Waals surface area contributed by atoms with Crippen LogP contribution in [-0.4, -0.2) is 25.7 Å². The minimum absolute atomic E-state index is 0.0822. The van der Waals surface area contributed by atoms with Crippen LogP contribution < -0.4 is 10.9 Å². The summed E-state index contributed by atoms with van der Waals surface area (Å²) in [6.07, 6.45) is 1.59. The van der Waals surface area contributed by atoms with E-state index < -0.39 is 0 Å². The summed E-state index contributed by atoms with van der Waals surface area (Å²) in [4.78, 5) is 30.1. The molecule has 0 radical (unpaired) electrons. The van der Waals surface area contributed by atoms with Crippen LogP contribution in [0.5, 0.6) is 0 Å². The van der Waals surface area contributed by atoms with Crippen LogP contribution in [0.2, 0.25) is 0 Å². The SMILES string of the molecule is Cc1ccn(CC(=O)Nc2n[nH]c(-c3ccc(C)s3)n2)c(=O)c1. The topological polar surface area (TPSA) is 92.7 Å². The third-order valence-electron chi connectivity index (χ3n) is 3.18. The van der Waals surface area contributed by atoms with Crippen molar-refractivity contribution in [1.82, 2.24) is 19.7 Å². The largest absolute Gasteiger partial charge is 0.306 e. The number of H-pyrrole nitrogens is 1. The molecule has 3 heterocycles. The molecule has 3 aromatic rings. The number of aromatic amines is 1. The minimum atomic E-state index is -0.358. The lowest BCUT2D eigenvalue weighted by Gasteiger charge is -2.04. The molecule has 23 heavy (non-hydrogen) atoms. The fourth-order valence-corrected chi connectivity index (χ4v) is 2.85. The maximum Gasteiger partial charge on any atom is 0.251 e. The number of amides is 1. The second-order valence-corrected chi connectivity index (χ2v) is 6.42. The van der Waals surface area contributed by atoms with E-state index in [1.54, 1.807) is 23.6 Å². The summed E-state index contributed by atoms with van der Waals surface area (Å²) >= 11 is 1.59. The van der Waals surface area contributed by atoms with Crippen molar-refractivity contribution >= 4 is 23.2 Å². The summed E-state index contributed by atoms with van der Waals surface area (Å²) < 4.78 is 1.33. The number of hydrogen-bond donors (Lipinski definition) is 2. The molecule has 3 rings (SSSR count). The quantitative estimate of drug-likeness (QED) is 0.765. The first kappa shape index (κ1) is 15.2. The molecule has 0 spiro atoms. The van der Waals surface area contributed by atoms with Crippen LogP contribution in [0, 0.1) is 13.8 Å². The number of carbonyl (C=O) groups is 1. The number of hydrogen-bond acceptors (Lipinski definition) is 5. The summed E-state index contributed by atoms with van der Waals surface area (Å²) in [5.74, 6) is 0.436. The molecule has 0 saturated heterocycles. The number of nitrogens with one attached hydrogen (secondary N) is 2. The molecule has 1 amide bonds. The first-order chi connectivity index (χ1) is 11.0. The van der Waals surface area contributed by atoms with E-state index in [-0.39, 0.29) is 24.0 Å². The fraction of sp³-hybridized carbons (Fsp3) is 0.200. The summed E-state index contributed by atoms with van der Waals surface area (Å²) in [6.45, 7) is 3.75. The van der Waals surface area contributed by atoms with E-state index in [1.807, 2.05) is 26.0 Å². The van der Waals surface area contributed by atoms with E-state index in [0.29, 0.717) is 5.82 Å². The van der Waals surface area contributed by atoms with Gasteiger partial charge < -0.3 is 4.57 Å². The van der Waals surface area contributed by atoms with Crippen molar-refractivity contribution < 1.29 is 4.79 Å². The molecule has 3 aromatic heterocycles. The fourth-order valence-electron chi connectivity index (χ4n) is 2.05. The molecule has 7 nitrogen and oxygen atoms in total. The zero-order chi connectivity index (χ0) is 16.4. The van der Waals surface area contributed by atoms with Gasteiger partial charge in [0.25, 0.3) is 5.56 Å². The highest BCUT2D eigenvalue weighted by Gasteiger charge is 2.11. The van der Waals surface area contributed by atoms with Crippen LogP contribution in [0.3, 0.4) is 0 Å². The van der Waals surface area contributed by atoms with Crippen molar-refractivity contribution in [2.75, 3.05) is 5.32 Å². The molecule has 8 heteroatoms. The van der Waals surface area contributed by atoms with Crippen molar-refractivity contribution in [3.05, 3.63) is 51.3 Å².